The van der Waals surface area contributed by atoms with Crippen molar-refractivity contribution in [1.29, 1.82) is 0 Å². The molecule has 1 aliphatic carbocycles. The first-order valence-corrected chi connectivity index (χ1v) is 7.85. The van der Waals surface area contributed by atoms with E-state index in [9.17, 15) is 18.3 Å². The summed E-state index contributed by atoms with van der Waals surface area (Å²) in [6, 6.07) is 5.18. The highest BCUT2D eigenvalue weighted by atomic mass is 32.2. The summed E-state index contributed by atoms with van der Waals surface area (Å²) < 4.78 is 27.2. The number of aliphatic hydroxyl groups excluding tert-OH is 1. The lowest BCUT2D eigenvalue weighted by atomic mass is 10.0. The second-order valence-electron chi connectivity index (χ2n) is 5.08. The van der Waals surface area contributed by atoms with Crippen LogP contribution in [0.2, 0.25) is 0 Å². The van der Waals surface area contributed by atoms with Gasteiger partial charge in [-0.05, 0) is 31.0 Å². The van der Waals surface area contributed by atoms with E-state index in [1.54, 1.807) is 0 Å². The molecule has 0 bridgehead atoms. The predicted molar refractivity (Wildman–Crippen MR) is 72.0 cm³/mol. The maximum atomic E-state index is 12.3. The van der Waals surface area contributed by atoms with Crippen molar-refractivity contribution in [2.24, 2.45) is 0 Å². The number of carboxylic acids is 1. The Hall–Kier alpha value is -1.44. The van der Waals surface area contributed by atoms with Gasteiger partial charge < -0.3 is 10.2 Å². The molecule has 0 atom stereocenters. The van der Waals surface area contributed by atoms with Crippen LogP contribution in [-0.2, 0) is 10.0 Å². The van der Waals surface area contributed by atoms with Gasteiger partial charge in [0, 0.05) is 0 Å². The van der Waals surface area contributed by atoms with Gasteiger partial charge in [-0.15, -0.1) is 0 Å². The number of carbonyl (C=O) groups is 1. The van der Waals surface area contributed by atoms with Crippen LogP contribution in [0, 0.1) is 0 Å². The number of hydrogen-bond donors (Lipinski definition) is 3. The molecule has 7 heteroatoms. The van der Waals surface area contributed by atoms with Crippen LogP contribution in [0.4, 0.5) is 0 Å². The zero-order valence-corrected chi connectivity index (χ0v) is 11.7. The number of benzene rings is 1. The van der Waals surface area contributed by atoms with E-state index in [1.165, 1.54) is 18.2 Å². The minimum absolute atomic E-state index is 0.0858. The van der Waals surface area contributed by atoms with Crippen LogP contribution >= 0.6 is 0 Å². The molecule has 1 fully saturated rings. The Balaban J connectivity index is 2.30. The topological polar surface area (TPSA) is 104 Å². The quantitative estimate of drug-likeness (QED) is 0.751. The summed E-state index contributed by atoms with van der Waals surface area (Å²) in [6.45, 7) is -0.259. The van der Waals surface area contributed by atoms with Gasteiger partial charge in [0.1, 0.15) is 0 Å². The maximum Gasteiger partial charge on any atom is 0.335 e. The van der Waals surface area contributed by atoms with Crippen LogP contribution in [0.1, 0.15) is 36.0 Å². The highest BCUT2D eigenvalue weighted by Crippen LogP contribution is 2.30. The molecular weight excluding hydrogens is 282 g/mol. The molecule has 110 valence electrons. The standard InChI is InChI=1S/C13H17NO5S/c15-9-13(6-1-2-7-13)14-20(18,19)11-5-3-4-10(8-11)12(16)17/h3-5,8,14-15H,1-2,6-7,9H2,(H,16,17). The lowest BCUT2D eigenvalue weighted by molar-refractivity contribution is 0.0696. The van der Waals surface area contributed by atoms with Crippen LogP contribution in [0.25, 0.3) is 0 Å². The van der Waals surface area contributed by atoms with E-state index in [2.05, 4.69) is 4.72 Å². The third kappa shape index (κ3) is 3.00. The van der Waals surface area contributed by atoms with E-state index < -0.39 is 21.5 Å². The predicted octanol–water partition coefficient (Wildman–Crippen LogP) is 0.968. The average molecular weight is 299 g/mol. The van der Waals surface area contributed by atoms with Gasteiger partial charge >= 0.3 is 5.97 Å². The summed E-state index contributed by atoms with van der Waals surface area (Å²) in [7, 11) is -3.84. The third-order valence-corrected chi connectivity index (χ3v) is 5.18. The van der Waals surface area contributed by atoms with Crippen molar-refractivity contribution in [3.8, 4) is 0 Å². The highest BCUT2D eigenvalue weighted by molar-refractivity contribution is 7.89. The van der Waals surface area contributed by atoms with Gasteiger partial charge in [0.25, 0.3) is 0 Å². The number of aromatic carboxylic acids is 1. The van der Waals surface area contributed by atoms with Crippen LogP contribution in [-0.4, -0.2) is 36.7 Å². The Bertz CT molecular complexity index is 605. The summed E-state index contributed by atoms with van der Waals surface area (Å²) in [5.74, 6) is -1.18. The molecule has 0 amide bonds. The summed E-state index contributed by atoms with van der Waals surface area (Å²) >= 11 is 0. The van der Waals surface area contributed by atoms with E-state index in [0.29, 0.717) is 12.8 Å². The molecule has 1 aromatic carbocycles. The molecule has 1 saturated carbocycles. The van der Waals surface area contributed by atoms with Gasteiger partial charge in [0.2, 0.25) is 10.0 Å². The molecule has 1 aromatic rings. The van der Waals surface area contributed by atoms with Gasteiger partial charge in [-0.2, -0.15) is 0 Å². The Morgan fingerprint density at radius 1 is 1.30 bits per heavy atom. The zero-order valence-electron chi connectivity index (χ0n) is 10.9. The van der Waals surface area contributed by atoms with Crippen LogP contribution in [0.3, 0.4) is 0 Å². The summed E-state index contributed by atoms with van der Waals surface area (Å²) in [6.07, 6.45) is 2.89. The van der Waals surface area contributed by atoms with Gasteiger partial charge in [0.05, 0.1) is 22.6 Å². The molecule has 2 rings (SSSR count). The fourth-order valence-electron chi connectivity index (χ4n) is 2.48. The fourth-order valence-corrected chi connectivity index (χ4v) is 3.98. The molecule has 0 aliphatic heterocycles. The Morgan fingerprint density at radius 3 is 2.50 bits per heavy atom. The Kier molecular flexibility index (Phi) is 4.12. The molecule has 0 aromatic heterocycles. The normalized spacial score (nSPS) is 18.1. The van der Waals surface area contributed by atoms with Crippen LogP contribution in [0.5, 0.6) is 0 Å². The number of rotatable bonds is 5. The summed E-state index contributed by atoms with van der Waals surface area (Å²) in [5, 5.41) is 18.3. The molecular formula is C13H17NO5S. The van der Waals surface area contributed by atoms with Crippen molar-refractivity contribution in [2.75, 3.05) is 6.61 Å². The van der Waals surface area contributed by atoms with Crippen LogP contribution in [0.15, 0.2) is 29.2 Å². The second-order valence-corrected chi connectivity index (χ2v) is 6.77. The first kappa shape index (κ1) is 15.0. The van der Waals surface area contributed by atoms with Gasteiger partial charge in [-0.25, -0.2) is 17.9 Å². The second kappa shape index (κ2) is 5.51. The molecule has 1 aliphatic rings. The first-order chi connectivity index (χ1) is 9.38. The number of aliphatic hydroxyl groups is 1. The number of hydrogen-bond acceptors (Lipinski definition) is 4. The lowest BCUT2D eigenvalue weighted by Crippen LogP contribution is -2.49. The maximum absolute atomic E-state index is 12.3. The minimum Gasteiger partial charge on any atom is -0.478 e. The first-order valence-electron chi connectivity index (χ1n) is 6.37. The van der Waals surface area contributed by atoms with Gasteiger partial charge in [0.15, 0.2) is 0 Å². The van der Waals surface area contributed by atoms with Crippen molar-refractivity contribution in [3.63, 3.8) is 0 Å². The SMILES string of the molecule is O=C(O)c1cccc(S(=O)(=O)NC2(CO)CCCC2)c1. The van der Waals surface area contributed by atoms with Crippen molar-refractivity contribution in [2.45, 2.75) is 36.1 Å². The van der Waals surface area contributed by atoms with E-state index in [-0.39, 0.29) is 17.1 Å². The Labute approximate surface area is 117 Å². The largest absolute Gasteiger partial charge is 0.478 e. The number of nitrogens with one attached hydrogen (secondary N) is 1. The molecule has 0 radical (unpaired) electrons. The van der Waals surface area contributed by atoms with E-state index in [4.69, 9.17) is 5.11 Å². The number of carboxylic acid groups (broad SMARTS) is 1. The summed E-state index contributed by atoms with van der Waals surface area (Å²) in [5.41, 5.74) is -0.907. The number of sulfonamides is 1. The zero-order chi connectivity index (χ0) is 14.8. The smallest absolute Gasteiger partial charge is 0.335 e. The molecule has 3 N–H and O–H groups in total. The van der Waals surface area contributed by atoms with Crippen molar-refractivity contribution in [3.05, 3.63) is 29.8 Å². The van der Waals surface area contributed by atoms with Crippen molar-refractivity contribution in [1.82, 2.24) is 4.72 Å². The van der Waals surface area contributed by atoms with Gasteiger partial charge in [-0.1, -0.05) is 18.9 Å². The van der Waals surface area contributed by atoms with E-state index >= 15 is 0 Å². The average Bonchev–Trinajstić information content (AvgIpc) is 2.87. The molecule has 0 saturated heterocycles. The summed E-state index contributed by atoms with van der Waals surface area (Å²) in [4.78, 5) is 10.8. The van der Waals surface area contributed by atoms with Crippen molar-refractivity contribution < 1.29 is 23.4 Å². The monoisotopic (exact) mass is 299 g/mol. The van der Waals surface area contributed by atoms with Crippen LogP contribution < -0.4 is 4.72 Å². The van der Waals surface area contributed by atoms with E-state index in [1.807, 2.05) is 0 Å². The fraction of sp³-hybridized carbons (Fsp3) is 0.462. The molecule has 0 spiro atoms. The highest BCUT2D eigenvalue weighted by Gasteiger charge is 2.37. The molecule has 20 heavy (non-hydrogen) atoms. The van der Waals surface area contributed by atoms with Crippen molar-refractivity contribution >= 4 is 16.0 Å². The molecule has 0 unspecified atom stereocenters. The molecule has 0 heterocycles. The third-order valence-electron chi connectivity index (χ3n) is 3.61. The Morgan fingerprint density at radius 2 is 1.95 bits per heavy atom. The van der Waals surface area contributed by atoms with E-state index in [0.717, 1.165) is 18.9 Å². The molecule has 6 nitrogen and oxygen atoms in total. The minimum atomic E-state index is -3.84. The lowest BCUT2D eigenvalue weighted by Gasteiger charge is -2.27. The van der Waals surface area contributed by atoms with Gasteiger partial charge in [-0.3, -0.25) is 0 Å².